The van der Waals surface area contributed by atoms with Crippen molar-refractivity contribution >= 4 is 17.7 Å². The van der Waals surface area contributed by atoms with Gasteiger partial charge in [0.25, 0.3) is 0 Å². The lowest BCUT2D eigenvalue weighted by Crippen LogP contribution is -2.13. The molecule has 78 valence electrons. The van der Waals surface area contributed by atoms with E-state index in [2.05, 4.69) is 11.7 Å². The van der Waals surface area contributed by atoms with E-state index in [-0.39, 0.29) is 5.97 Å². The van der Waals surface area contributed by atoms with Crippen molar-refractivity contribution in [2.75, 3.05) is 25.2 Å². The number of hydrogen-bond acceptors (Lipinski definition) is 4. The van der Waals surface area contributed by atoms with Crippen LogP contribution >= 0.6 is 11.8 Å². The van der Waals surface area contributed by atoms with Gasteiger partial charge < -0.3 is 10.5 Å². The van der Waals surface area contributed by atoms with Gasteiger partial charge >= 0.3 is 5.97 Å². The van der Waals surface area contributed by atoms with E-state index in [0.717, 1.165) is 24.5 Å². The van der Waals surface area contributed by atoms with Crippen LogP contribution in [0.25, 0.3) is 0 Å². The van der Waals surface area contributed by atoms with Crippen LogP contribution in [0.5, 0.6) is 0 Å². The molecule has 4 heteroatoms. The maximum absolute atomic E-state index is 10.7. The van der Waals surface area contributed by atoms with Gasteiger partial charge in [-0.05, 0) is 30.4 Å². The first-order chi connectivity index (χ1) is 6.20. The smallest absolute Gasteiger partial charge is 0.305 e. The van der Waals surface area contributed by atoms with Crippen molar-refractivity contribution in [1.82, 2.24) is 0 Å². The summed E-state index contributed by atoms with van der Waals surface area (Å²) in [5, 5.41) is 0. The van der Waals surface area contributed by atoms with Crippen LogP contribution in [-0.4, -0.2) is 31.1 Å². The molecule has 0 radical (unpaired) electrons. The van der Waals surface area contributed by atoms with Crippen molar-refractivity contribution in [3.05, 3.63) is 0 Å². The summed E-state index contributed by atoms with van der Waals surface area (Å²) in [6.07, 6.45) is 1.43. The van der Waals surface area contributed by atoms with Gasteiger partial charge in [-0.3, -0.25) is 4.79 Å². The van der Waals surface area contributed by atoms with Crippen molar-refractivity contribution < 1.29 is 9.53 Å². The van der Waals surface area contributed by atoms with Gasteiger partial charge in [0.1, 0.15) is 0 Å². The Morgan fingerprint density at radius 2 is 2.31 bits per heavy atom. The van der Waals surface area contributed by atoms with E-state index >= 15 is 0 Å². The number of nitrogens with two attached hydrogens (primary N) is 1. The molecule has 3 nitrogen and oxygen atoms in total. The highest BCUT2D eigenvalue weighted by molar-refractivity contribution is 7.99. The predicted octanol–water partition coefficient (Wildman–Crippen LogP) is 1.27. The molecule has 0 amide bonds. The molecule has 2 N–H and O–H groups in total. The average molecular weight is 205 g/mol. The van der Waals surface area contributed by atoms with Crippen molar-refractivity contribution in [2.45, 2.75) is 19.8 Å². The normalized spacial score (nSPS) is 12.5. The minimum atomic E-state index is -0.118. The van der Waals surface area contributed by atoms with Crippen molar-refractivity contribution in [1.29, 1.82) is 0 Å². The molecule has 0 aromatic heterocycles. The summed E-state index contributed by atoms with van der Waals surface area (Å²) in [6.45, 7) is 2.87. The molecule has 0 heterocycles. The number of rotatable bonds is 7. The molecule has 0 aliphatic rings. The van der Waals surface area contributed by atoms with Gasteiger partial charge in [0.2, 0.25) is 0 Å². The summed E-state index contributed by atoms with van der Waals surface area (Å²) in [6, 6.07) is 0. The van der Waals surface area contributed by atoms with Crippen LogP contribution in [0.3, 0.4) is 0 Å². The molecule has 0 fully saturated rings. The highest BCUT2D eigenvalue weighted by Gasteiger charge is 2.01. The van der Waals surface area contributed by atoms with E-state index in [1.807, 2.05) is 11.8 Å². The SMILES string of the molecule is COC(=O)CCCSCC(C)CN. The second kappa shape index (κ2) is 8.38. The molecule has 1 atom stereocenters. The molecule has 13 heavy (non-hydrogen) atoms. The van der Waals surface area contributed by atoms with Crippen LogP contribution in [0.15, 0.2) is 0 Å². The van der Waals surface area contributed by atoms with Gasteiger partial charge in [0.15, 0.2) is 0 Å². The number of carbonyl (C=O) groups excluding carboxylic acids is 1. The van der Waals surface area contributed by atoms with Gasteiger partial charge in [-0.1, -0.05) is 6.92 Å². The Morgan fingerprint density at radius 1 is 1.62 bits per heavy atom. The van der Waals surface area contributed by atoms with E-state index in [4.69, 9.17) is 5.73 Å². The van der Waals surface area contributed by atoms with Gasteiger partial charge in [0.05, 0.1) is 7.11 Å². The third-order valence-electron chi connectivity index (χ3n) is 1.70. The Morgan fingerprint density at radius 3 is 2.85 bits per heavy atom. The third kappa shape index (κ3) is 8.12. The fourth-order valence-corrected chi connectivity index (χ4v) is 1.83. The minimum absolute atomic E-state index is 0.118. The lowest BCUT2D eigenvalue weighted by Gasteiger charge is -2.06. The molecular weight excluding hydrogens is 186 g/mol. The first-order valence-electron chi connectivity index (χ1n) is 4.55. The predicted molar refractivity (Wildman–Crippen MR) is 56.8 cm³/mol. The van der Waals surface area contributed by atoms with Crippen LogP contribution in [0.2, 0.25) is 0 Å². The number of hydrogen-bond donors (Lipinski definition) is 1. The number of carbonyl (C=O) groups is 1. The van der Waals surface area contributed by atoms with Crippen LogP contribution in [0.4, 0.5) is 0 Å². The average Bonchev–Trinajstić information content (AvgIpc) is 2.16. The number of ether oxygens (including phenoxy) is 1. The molecule has 0 spiro atoms. The topological polar surface area (TPSA) is 52.3 Å². The molecule has 0 bridgehead atoms. The lowest BCUT2D eigenvalue weighted by molar-refractivity contribution is -0.140. The van der Waals surface area contributed by atoms with Crippen molar-refractivity contribution in [3.8, 4) is 0 Å². The summed E-state index contributed by atoms with van der Waals surface area (Å²) in [7, 11) is 1.42. The Balaban J connectivity index is 3.12. The van der Waals surface area contributed by atoms with Gasteiger partial charge in [-0.15, -0.1) is 0 Å². The first-order valence-corrected chi connectivity index (χ1v) is 5.70. The number of methoxy groups -OCH3 is 1. The fourth-order valence-electron chi connectivity index (χ4n) is 0.773. The Labute approximate surface area is 84.4 Å². The summed E-state index contributed by atoms with van der Waals surface area (Å²) < 4.78 is 4.53. The molecule has 0 aromatic carbocycles. The number of thioether (sulfide) groups is 1. The third-order valence-corrected chi connectivity index (χ3v) is 3.08. The molecule has 0 aliphatic heterocycles. The highest BCUT2D eigenvalue weighted by Crippen LogP contribution is 2.09. The van der Waals surface area contributed by atoms with Gasteiger partial charge in [-0.2, -0.15) is 11.8 Å². The Kier molecular flexibility index (Phi) is 8.24. The molecule has 0 saturated carbocycles. The highest BCUT2D eigenvalue weighted by atomic mass is 32.2. The summed E-state index contributed by atoms with van der Waals surface area (Å²) in [5.74, 6) is 2.55. The zero-order valence-electron chi connectivity index (χ0n) is 8.41. The molecule has 0 aliphatic carbocycles. The van der Waals surface area contributed by atoms with E-state index in [0.29, 0.717) is 12.3 Å². The Hall–Kier alpha value is -0.220. The lowest BCUT2D eigenvalue weighted by atomic mass is 10.2. The first kappa shape index (κ1) is 12.8. The van der Waals surface area contributed by atoms with Crippen LogP contribution < -0.4 is 5.73 Å². The maximum atomic E-state index is 10.7. The van der Waals surface area contributed by atoms with Gasteiger partial charge in [0, 0.05) is 6.42 Å². The number of esters is 1. The van der Waals surface area contributed by atoms with E-state index in [1.54, 1.807) is 0 Å². The summed E-state index contributed by atoms with van der Waals surface area (Å²) in [4.78, 5) is 10.7. The van der Waals surface area contributed by atoms with Crippen LogP contribution in [0.1, 0.15) is 19.8 Å². The molecule has 1 unspecified atom stereocenters. The standard InChI is InChI=1S/C9H19NO2S/c1-8(6-10)7-13-5-3-4-9(11)12-2/h8H,3-7,10H2,1-2H3. The second-order valence-corrected chi connectivity index (χ2v) is 4.25. The largest absolute Gasteiger partial charge is 0.469 e. The van der Waals surface area contributed by atoms with E-state index < -0.39 is 0 Å². The van der Waals surface area contributed by atoms with Crippen molar-refractivity contribution in [3.63, 3.8) is 0 Å². The van der Waals surface area contributed by atoms with Crippen LogP contribution in [-0.2, 0) is 9.53 Å². The maximum Gasteiger partial charge on any atom is 0.305 e. The molecular formula is C9H19NO2S. The monoisotopic (exact) mass is 205 g/mol. The quantitative estimate of drug-likeness (QED) is 0.502. The second-order valence-electron chi connectivity index (χ2n) is 3.10. The molecule has 0 saturated heterocycles. The van der Waals surface area contributed by atoms with E-state index in [9.17, 15) is 4.79 Å². The zero-order chi connectivity index (χ0) is 10.1. The molecule has 0 rings (SSSR count). The van der Waals surface area contributed by atoms with E-state index in [1.165, 1.54) is 7.11 Å². The minimum Gasteiger partial charge on any atom is -0.469 e. The summed E-state index contributed by atoms with van der Waals surface area (Å²) >= 11 is 1.85. The van der Waals surface area contributed by atoms with Crippen molar-refractivity contribution in [2.24, 2.45) is 11.7 Å². The zero-order valence-corrected chi connectivity index (χ0v) is 9.23. The Bertz CT molecular complexity index is 142. The summed E-state index contributed by atoms with van der Waals surface area (Å²) in [5.41, 5.74) is 5.47. The van der Waals surface area contributed by atoms with Gasteiger partial charge in [-0.25, -0.2) is 0 Å². The fraction of sp³-hybridized carbons (Fsp3) is 0.889. The van der Waals surface area contributed by atoms with Crippen LogP contribution in [0, 0.1) is 5.92 Å². The molecule has 0 aromatic rings.